The molecule has 0 heterocycles. The molecular weight excluding hydrogens is 302 g/mol. The minimum Gasteiger partial charge on any atom is -0.497 e. The number of benzene rings is 2. The molecule has 0 spiro atoms. The quantitative estimate of drug-likeness (QED) is 0.861. The van der Waals surface area contributed by atoms with Crippen molar-refractivity contribution in [3.63, 3.8) is 0 Å². The number of anilines is 1. The first kappa shape index (κ1) is 13.9. The Hall–Kier alpha value is -1.48. The van der Waals surface area contributed by atoms with Gasteiger partial charge in [0.2, 0.25) is 0 Å². The van der Waals surface area contributed by atoms with Crippen LogP contribution in [0.25, 0.3) is 0 Å². The molecule has 0 amide bonds. The molecule has 0 aliphatic heterocycles. The summed E-state index contributed by atoms with van der Waals surface area (Å²) in [6, 6.07) is 14.6. The Balaban J connectivity index is 2.15. The number of hydrogen-bond donors (Lipinski definition) is 1. The van der Waals surface area contributed by atoms with Crippen LogP contribution in [0.5, 0.6) is 5.75 Å². The first-order chi connectivity index (χ1) is 9.11. The minimum absolute atomic E-state index is 0.240. The summed E-state index contributed by atoms with van der Waals surface area (Å²) in [5.74, 6) is 0.882. The molecule has 0 fully saturated rings. The molecule has 0 aliphatic carbocycles. The highest BCUT2D eigenvalue weighted by atomic mass is 79.9. The molecule has 0 saturated carbocycles. The van der Waals surface area contributed by atoms with Crippen LogP contribution < -0.4 is 10.1 Å². The predicted molar refractivity (Wildman–Crippen MR) is 83.9 cm³/mol. The highest BCUT2D eigenvalue weighted by Crippen LogP contribution is 2.29. The maximum absolute atomic E-state index is 5.17. The molecule has 0 saturated heterocycles. The van der Waals surface area contributed by atoms with E-state index in [9.17, 15) is 0 Å². The van der Waals surface area contributed by atoms with Crippen molar-refractivity contribution in [1.82, 2.24) is 0 Å². The molecule has 1 N–H and O–H groups in total. The Morgan fingerprint density at radius 2 is 1.79 bits per heavy atom. The minimum atomic E-state index is 0.240. The lowest BCUT2D eigenvalue weighted by atomic mass is 10.1. The van der Waals surface area contributed by atoms with E-state index >= 15 is 0 Å². The van der Waals surface area contributed by atoms with Crippen molar-refractivity contribution in [3.8, 4) is 5.75 Å². The van der Waals surface area contributed by atoms with Crippen LogP contribution >= 0.6 is 15.9 Å². The zero-order chi connectivity index (χ0) is 13.8. The van der Waals surface area contributed by atoms with Gasteiger partial charge in [0.1, 0.15) is 5.75 Å². The molecule has 0 aromatic heterocycles. The van der Waals surface area contributed by atoms with E-state index in [2.05, 4.69) is 65.4 Å². The number of hydrogen-bond acceptors (Lipinski definition) is 2. The van der Waals surface area contributed by atoms with E-state index in [-0.39, 0.29) is 6.04 Å². The van der Waals surface area contributed by atoms with Crippen molar-refractivity contribution in [1.29, 1.82) is 0 Å². The predicted octanol–water partition coefficient (Wildman–Crippen LogP) is 4.94. The summed E-state index contributed by atoms with van der Waals surface area (Å²) in [5.41, 5.74) is 3.57. The molecule has 2 aromatic carbocycles. The third-order valence-corrected chi connectivity index (χ3v) is 4.23. The Bertz CT molecular complexity index is 551. The lowest BCUT2D eigenvalue weighted by molar-refractivity contribution is 0.414. The molecule has 19 heavy (non-hydrogen) atoms. The summed E-state index contributed by atoms with van der Waals surface area (Å²) in [5, 5.41) is 3.52. The SMILES string of the molecule is COc1ccc(C(C)Nc2cccc(C)c2Br)cc1. The standard InChI is InChI=1S/C16H18BrNO/c1-11-5-4-6-15(16(11)17)18-12(2)13-7-9-14(19-3)10-8-13/h4-10,12,18H,1-3H3. The van der Waals surface area contributed by atoms with E-state index < -0.39 is 0 Å². The summed E-state index contributed by atoms with van der Waals surface area (Å²) in [7, 11) is 1.68. The summed E-state index contributed by atoms with van der Waals surface area (Å²) in [6.45, 7) is 4.24. The van der Waals surface area contributed by atoms with Crippen molar-refractivity contribution >= 4 is 21.6 Å². The van der Waals surface area contributed by atoms with Crippen LogP contribution in [-0.2, 0) is 0 Å². The zero-order valence-electron chi connectivity index (χ0n) is 11.4. The first-order valence-corrected chi connectivity index (χ1v) is 7.06. The van der Waals surface area contributed by atoms with Gasteiger partial charge in [0.15, 0.2) is 0 Å². The second-order valence-corrected chi connectivity index (χ2v) is 5.37. The van der Waals surface area contributed by atoms with E-state index in [0.717, 1.165) is 15.9 Å². The summed E-state index contributed by atoms with van der Waals surface area (Å²) < 4.78 is 6.29. The Morgan fingerprint density at radius 3 is 2.42 bits per heavy atom. The van der Waals surface area contributed by atoms with Crippen molar-refractivity contribution in [3.05, 3.63) is 58.1 Å². The van der Waals surface area contributed by atoms with E-state index in [1.807, 2.05) is 12.1 Å². The van der Waals surface area contributed by atoms with Crippen molar-refractivity contribution in [2.75, 3.05) is 12.4 Å². The Kier molecular flexibility index (Phi) is 4.48. The molecule has 100 valence electrons. The third-order valence-electron chi connectivity index (χ3n) is 3.18. The lowest BCUT2D eigenvalue weighted by Gasteiger charge is -2.18. The second kappa shape index (κ2) is 6.11. The molecule has 0 aliphatic rings. The van der Waals surface area contributed by atoms with Gasteiger partial charge in [-0.15, -0.1) is 0 Å². The molecule has 3 heteroatoms. The molecule has 0 bridgehead atoms. The maximum Gasteiger partial charge on any atom is 0.118 e. The van der Waals surface area contributed by atoms with E-state index in [0.29, 0.717) is 0 Å². The average Bonchev–Trinajstić information content (AvgIpc) is 2.44. The van der Waals surface area contributed by atoms with Crippen LogP contribution in [0, 0.1) is 6.92 Å². The smallest absolute Gasteiger partial charge is 0.118 e. The van der Waals surface area contributed by atoms with Crippen LogP contribution in [0.2, 0.25) is 0 Å². The van der Waals surface area contributed by atoms with Crippen LogP contribution in [0.4, 0.5) is 5.69 Å². The fourth-order valence-electron chi connectivity index (χ4n) is 1.97. The van der Waals surface area contributed by atoms with Gasteiger partial charge in [-0.2, -0.15) is 0 Å². The van der Waals surface area contributed by atoms with Crippen LogP contribution in [0.15, 0.2) is 46.9 Å². The molecule has 1 atom stereocenters. The number of rotatable bonds is 4. The molecule has 0 radical (unpaired) electrons. The molecule has 2 nitrogen and oxygen atoms in total. The lowest BCUT2D eigenvalue weighted by Crippen LogP contribution is -2.07. The second-order valence-electron chi connectivity index (χ2n) is 4.58. The topological polar surface area (TPSA) is 21.3 Å². The molecule has 1 unspecified atom stereocenters. The molecule has 2 aromatic rings. The summed E-state index contributed by atoms with van der Waals surface area (Å²) in [4.78, 5) is 0. The van der Waals surface area contributed by atoms with E-state index in [1.165, 1.54) is 11.1 Å². The van der Waals surface area contributed by atoms with Gasteiger partial charge < -0.3 is 10.1 Å². The number of aryl methyl sites for hydroxylation is 1. The van der Waals surface area contributed by atoms with Gasteiger partial charge in [-0.25, -0.2) is 0 Å². The Labute approximate surface area is 122 Å². The number of methoxy groups -OCH3 is 1. The Morgan fingerprint density at radius 1 is 1.11 bits per heavy atom. The fourth-order valence-corrected chi connectivity index (χ4v) is 2.35. The van der Waals surface area contributed by atoms with Crippen LogP contribution in [0.1, 0.15) is 24.1 Å². The van der Waals surface area contributed by atoms with E-state index in [1.54, 1.807) is 7.11 Å². The molecular formula is C16H18BrNO. The van der Waals surface area contributed by atoms with Gasteiger partial charge in [0, 0.05) is 16.2 Å². The van der Waals surface area contributed by atoms with E-state index in [4.69, 9.17) is 4.74 Å². The van der Waals surface area contributed by atoms with Crippen LogP contribution in [0.3, 0.4) is 0 Å². The zero-order valence-corrected chi connectivity index (χ0v) is 13.0. The normalized spacial score (nSPS) is 12.0. The molecule has 2 rings (SSSR count). The number of nitrogens with one attached hydrogen (secondary N) is 1. The van der Waals surface area contributed by atoms with Gasteiger partial charge in [0.05, 0.1) is 7.11 Å². The van der Waals surface area contributed by atoms with Crippen molar-refractivity contribution in [2.45, 2.75) is 19.9 Å². The van der Waals surface area contributed by atoms with Gasteiger partial charge in [-0.1, -0.05) is 24.3 Å². The third kappa shape index (κ3) is 3.29. The maximum atomic E-state index is 5.17. The average molecular weight is 320 g/mol. The highest BCUT2D eigenvalue weighted by Gasteiger charge is 2.08. The first-order valence-electron chi connectivity index (χ1n) is 6.27. The van der Waals surface area contributed by atoms with Crippen molar-refractivity contribution in [2.24, 2.45) is 0 Å². The van der Waals surface area contributed by atoms with Crippen LogP contribution in [-0.4, -0.2) is 7.11 Å². The van der Waals surface area contributed by atoms with Crippen molar-refractivity contribution < 1.29 is 4.74 Å². The summed E-state index contributed by atoms with van der Waals surface area (Å²) in [6.07, 6.45) is 0. The van der Waals surface area contributed by atoms with Gasteiger partial charge in [-0.05, 0) is 59.1 Å². The summed E-state index contributed by atoms with van der Waals surface area (Å²) >= 11 is 3.62. The van der Waals surface area contributed by atoms with Gasteiger partial charge in [0.25, 0.3) is 0 Å². The number of ether oxygens (including phenoxy) is 1. The monoisotopic (exact) mass is 319 g/mol. The fraction of sp³-hybridized carbons (Fsp3) is 0.250. The van der Waals surface area contributed by atoms with Gasteiger partial charge in [-0.3, -0.25) is 0 Å². The largest absolute Gasteiger partial charge is 0.497 e. The highest BCUT2D eigenvalue weighted by molar-refractivity contribution is 9.10. The van der Waals surface area contributed by atoms with Gasteiger partial charge >= 0.3 is 0 Å². The number of halogens is 1.